The Labute approximate surface area is 242 Å². The zero-order valence-corrected chi connectivity index (χ0v) is 23.7. The Morgan fingerprint density at radius 2 is 1.58 bits per heavy atom. The lowest BCUT2D eigenvalue weighted by atomic mass is 9.97. The summed E-state index contributed by atoms with van der Waals surface area (Å²) in [5.74, 6) is -3.37. The first kappa shape index (κ1) is 32.7. The van der Waals surface area contributed by atoms with Gasteiger partial charge in [0.25, 0.3) is 5.56 Å². The largest absolute Gasteiger partial charge is 0.733 e. The molecule has 2 aromatic rings. The highest BCUT2D eigenvalue weighted by Crippen LogP contribution is 2.34. The van der Waals surface area contributed by atoms with Crippen LogP contribution in [0.5, 0.6) is 5.75 Å². The lowest BCUT2D eigenvalue weighted by molar-refractivity contribution is -0.271. The summed E-state index contributed by atoms with van der Waals surface area (Å²) in [7, 11) is 1.27. The minimum absolute atomic E-state index is 0.0123. The van der Waals surface area contributed by atoms with Crippen molar-refractivity contribution in [3.8, 4) is 5.75 Å². The Morgan fingerprint density at radius 3 is 2.14 bits per heavy atom. The molecule has 0 aliphatic carbocycles. The van der Waals surface area contributed by atoms with Crippen molar-refractivity contribution in [2.24, 2.45) is 0 Å². The Bertz CT molecular complexity index is 1490. The third-order valence-corrected chi connectivity index (χ3v) is 5.98. The second-order valence-corrected chi connectivity index (χ2v) is 9.17. The van der Waals surface area contributed by atoms with Crippen molar-refractivity contribution in [1.82, 2.24) is 14.3 Å². The van der Waals surface area contributed by atoms with E-state index in [1.54, 1.807) is 0 Å². The van der Waals surface area contributed by atoms with E-state index < -0.39 is 84.1 Å². The fraction of sp³-hybridized carbons (Fsp3) is 0.480. The maximum Gasteiger partial charge on any atom is 0.350 e. The van der Waals surface area contributed by atoms with Crippen molar-refractivity contribution >= 4 is 29.6 Å². The van der Waals surface area contributed by atoms with E-state index >= 15 is 0 Å². The van der Waals surface area contributed by atoms with Crippen LogP contribution in [0.2, 0.25) is 0 Å². The van der Waals surface area contributed by atoms with E-state index in [4.69, 9.17) is 28.4 Å². The first-order valence-corrected chi connectivity index (χ1v) is 12.6. The molecule has 1 saturated heterocycles. The summed E-state index contributed by atoms with van der Waals surface area (Å²) in [4.78, 5) is 74.1. The number of anilines is 1. The molecule has 18 heteroatoms. The number of carbonyl (C=O) groups excluding carboxylic acids is 4. The number of methoxy groups -OCH3 is 1. The van der Waals surface area contributed by atoms with Gasteiger partial charge in [0.15, 0.2) is 24.5 Å². The Hall–Kier alpha value is -4.81. The first-order valence-electron chi connectivity index (χ1n) is 12.6. The van der Waals surface area contributed by atoms with Crippen molar-refractivity contribution < 1.29 is 52.8 Å². The highest BCUT2D eigenvalue weighted by molar-refractivity contribution is 5.68. The number of esters is 4. The molecule has 1 aliphatic rings. The highest BCUT2D eigenvalue weighted by atomic mass is 16.8. The molecule has 234 valence electrons. The van der Waals surface area contributed by atoms with Crippen LogP contribution in [0.25, 0.3) is 0 Å². The Kier molecular flexibility index (Phi) is 10.6. The summed E-state index contributed by atoms with van der Waals surface area (Å²) in [5, 5.41) is 24.4. The van der Waals surface area contributed by atoms with Gasteiger partial charge in [-0.3, -0.25) is 33.7 Å². The maximum atomic E-state index is 13.6. The smallest absolute Gasteiger partial charge is 0.350 e. The zero-order valence-electron chi connectivity index (χ0n) is 23.7. The molecule has 1 unspecified atom stereocenters. The molecule has 0 radical (unpaired) electrons. The monoisotopic (exact) mass is 609 g/mol. The van der Waals surface area contributed by atoms with Crippen LogP contribution in [0.15, 0.2) is 34.0 Å². The van der Waals surface area contributed by atoms with Crippen LogP contribution in [0, 0.1) is 5.21 Å². The number of hydrogen-bond acceptors (Lipinski definition) is 16. The van der Waals surface area contributed by atoms with E-state index in [1.807, 2.05) is 0 Å². The van der Waals surface area contributed by atoms with E-state index in [2.05, 4.69) is 5.10 Å². The molecule has 1 fully saturated rings. The van der Waals surface area contributed by atoms with Crippen LogP contribution >= 0.6 is 0 Å². The minimum atomic E-state index is -1.71. The average Bonchev–Trinajstić information content (AvgIpc) is 2.91. The quantitative estimate of drug-likeness (QED) is 0.202. The van der Waals surface area contributed by atoms with Gasteiger partial charge in [0.2, 0.25) is 0 Å². The van der Waals surface area contributed by atoms with Gasteiger partial charge in [-0.2, -0.15) is 9.78 Å². The van der Waals surface area contributed by atoms with Crippen LogP contribution in [-0.2, 0) is 49.4 Å². The standard InChI is InChI=1S/C25H29N4O14/c1-12(30)39-11-19-21(40-13(2)31)22(41-14(3)32)23(42-15(4)33)24(43-19)28-25(35)27(20(34)9-26-28)10-16-6-7-18(38-5)17(8-16)29(36)37/h6-9,19,21-24,36H,10-11H2,1-5H3/q-1/t19-,21-,22+,23-,24?/m1/s1. The van der Waals surface area contributed by atoms with Gasteiger partial charge >= 0.3 is 29.6 Å². The topological polar surface area (TPSA) is 227 Å². The number of hydrogen-bond donors (Lipinski definition) is 1. The summed E-state index contributed by atoms with van der Waals surface area (Å²) in [6.07, 6.45) is -7.05. The molecule has 0 saturated carbocycles. The molecule has 1 aliphatic heterocycles. The van der Waals surface area contributed by atoms with E-state index in [-0.39, 0.29) is 17.0 Å². The fourth-order valence-electron chi connectivity index (χ4n) is 4.34. The van der Waals surface area contributed by atoms with Crippen LogP contribution in [-0.4, -0.2) is 81.6 Å². The lowest BCUT2D eigenvalue weighted by Gasteiger charge is -2.44. The van der Waals surface area contributed by atoms with Crippen molar-refractivity contribution in [1.29, 1.82) is 0 Å². The maximum absolute atomic E-state index is 13.6. The number of benzene rings is 1. The Morgan fingerprint density at radius 1 is 0.977 bits per heavy atom. The molecule has 3 rings (SSSR count). The van der Waals surface area contributed by atoms with Gasteiger partial charge in [0.1, 0.15) is 24.7 Å². The molecule has 1 aromatic heterocycles. The molecular formula is C25H29N4O14-. The minimum Gasteiger partial charge on any atom is -0.733 e. The Balaban J connectivity index is 2.15. The number of aromatic nitrogens is 3. The average molecular weight is 610 g/mol. The predicted molar refractivity (Wildman–Crippen MR) is 140 cm³/mol. The highest BCUT2D eigenvalue weighted by Gasteiger charge is 2.53. The van der Waals surface area contributed by atoms with Gasteiger partial charge in [-0.25, -0.2) is 4.79 Å². The molecule has 2 heterocycles. The molecule has 1 aromatic carbocycles. The van der Waals surface area contributed by atoms with Gasteiger partial charge in [0.05, 0.1) is 19.3 Å². The van der Waals surface area contributed by atoms with Gasteiger partial charge in [0, 0.05) is 27.7 Å². The number of rotatable bonds is 10. The van der Waals surface area contributed by atoms with Crippen molar-refractivity contribution in [3.05, 3.63) is 56.0 Å². The van der Waals surface area contributed by atoms with Gasteiger partial charge in [-0.05, 0) is 17.7 Å². The summed E-state index contributed by atoms with van der Waals surface area (Å²) >= 11 is 0. The molecule has 0 spiro atoms. The van der Waals surface area contributed by atoms with Crippen molar-refractivity contribution in [2.75, 3.05) is 18.9 Å². The van der Waals surface area contributed by atoms with Crippen molar-refractivity contribution in [3.63, 3.8) is 0 Å². The summed E-state index contributed by atoms with van der Waals surface area (Å²) in [6, 6.07) is 3.93. The number of carbonyl (C=O) groups is 4. The van der Waals surface area contributed by atoms with E-state index in [1.165, 1.54) is 25.3 Å². The molecule has 5 atom stereocenters. The second-order valence-electron chi connectivity index (χ2n) is 9.17. The van der Waals surface area contributed by atoms with E-state index in [0.717, 1.165) is 33.9 Å². The molecule has 43 heavy (non-hydrogen) atoms. The van der Waals surface area contributed by atoms with Gasteiger partial charge < -0.3 is 38.9 Å². The zero-order chi connectivity index (χ0) is 32.0. The predicted octanol–water partition coefficient (Wildman–Crippen LogP) is -0.589. The van der Waals surface area contributed by atoms with E-state index in [0.29, 0.717) is 9.25 Å². The summed E-state index contributed by atoms with van der Waals surface area (Å²) in [6.45, 7) is 3.22. The molecular weight excluding hydrogens is 580 g/mol. The third-order valence-electron chi connectivity index (χ3n) is 5.98. The molecule has 0 bridgehead atoms. The van der Waals surface area contributed by atoms with Crippen LogP contribution in [0.1, 0.15) is 39.5 Å². The first-order chi connectivity index (χ1) is 20.2. The summed E-state index contributed by atoms with van der Waals surface area (Å²) < 4.78 is 33.3. The van der Waals surface area contributed by atoms with E-state index in [9.17, 15) is 39.2 Å². The normalized spacial score (nSPS) is 21.3. The molecule has 18 nitrogen and oxygen atoms in total. The van der Waals surface area contributed by atoms with Gasteiger partial charge in [-0.15, -0.1) is 0 Å². The van der Waals surface area contributed by atoms with Gasteiger partial charge in [-0.1, -0.05) is 6.07 Å². The third kappa shape index (κ3) is 7.93. The number of ether oxygens (including phenoxy) is 6. The second kappa shape index (κ2) is 13.9. The summed E-state index contributed by atoms with van der Waals surface area (Å²) in [5.41, 5.74) is -2.08. The molecule has 1 N–H and O–H groups in total. The fourth-order valence-corrected chi connectivity index (χ4v) is 4.34. The number of nitrogens with zero attached hydrogens (tertiary/aromatic N) is 4. The van der Waals surface area contributed by atoms with Crippen molar-refractivity contribution in [2.45, 2.75) is 64.9 Å². The molecule has 0 amide bonds. The van der Waals surface area contributed by atoms with Crippen LogP contribution in [0.4, 0.5) is 5.69 Å². The van der Waals surface area contributed by atoms with Crippen LogP contribution < -0.4 is 21.2 Å². The SMILES string of the molecule is COc1ccc(Cn2c(=O)cnn(C3O[C@H](COC(C)=O)[C@@H](OC(C)=O)[C@H](OC(C)=O)[C@H]3OC(C)=O)c2=O)cc1N([O-])O. The lowest BCUT2D eigenvalue weighted by Crippen LogP contribution is -2.62. The van der Waals surface area contributed by atoms with Crippen LogP contribution in [0.3, 0.4) is 0 Å².